The van der Waals surface area contributed by atoms with Gasteiger partial charge >= 0.3 is 330 Å². The summed E-state index contributed by atoms with van der Waals surface area (Å²) in [4.78, 5) is 118. The molecule has 0 spiro atoms. The third-order valence-corrected chi connectivity index (χ3v) is 14.6. The van der Waals surface area contributed by atoms with Crippen LogP contribution in [0.2, 0.25) is 0 Å². The molecule has 12 bridgehead atoms. The van der Waals surface area contributed by atoms with E-state index in [4.69, 9.17) is 0 Å². The Kier molecular flexibility index (Phi) is 19.8. The number of hydrogen-bond acceptors (Lipinski definition) is 15. The van der Waals surface area contributed by atoms with Crippen LogP contribution in [0, 0.1) is 6.92 Å². The van der Waals surface area contributed by atoms with Gasteiger partial charge in [-0.25, -0.2) is 0 Å². The van der Waals surface area contributed by atoms with Gasteiger partial charge in [-0.05, 0) is 12.1 Å². The molecule has 6 atom stereocenters. The molecule has 0 aromatic heterocycles. The van der Waals surface area contributed by atoms with Gasteiger partial charge in [-0.1, -0.05) is 12.1 Å². The monoisotopic (exact) mass is 1330 g/mol. The summed E-state index contributed by atoms with van der Waals surface area (Å²) in [5, 5.41) is 56.6. The van der Waals surface area contributed by atoms with Gasteiger partial charge in [-0.3, -0.25) is 14.5 Å². The van der Waals surface area contributed by atoms with Crippen LogP contribution in [0.4, 0.5) is 4.39 Å². The fourth-order valence-electron chi connectivity index (χ4n) is 9.38. The average molecular weight is 1340 g/mol. The summed E-state index contributed by atoms with van der Waals surface area (Å²) < 4.78 is 16.9. The van der Waals surface area contributed by atoms with Gasteiger partial charge in [0.05, 0.1) is 11.1 Å². The molecular formula is C54H66FFmN12O11. The molecule has 0 saturated carbocycles. The molecule has 0 aliphatic carbocycles. The summed E-state index contributed by atoms with van der Waals surface area (Å²) in [6.07, 6.45) is 0. The quantitative estimate of drug-likeness (QED) is 0.115. The number of fused-ring (bicyclic) bond motifs is 16. The second kappa shape index (κ2) is 27.2. The zero-order chi connectivity index (χ0) is 56.6. The first-order valence-electron chi connectivity index (χ1n) is 25.9. The number of hydrogen-bond donors (Lipinski definition) is 11. The number of halogens is 1. The second-order valence-corrected chi connectivity index (χ2v) is 20.8. The average Bonchev–Trinajstić information content (AvgIpc) is 3.42. The van der Waals surface area contributed by atoms with Crippen molar-refractivity contribution in [2.24, 2.45) is 0 Å². The molecule has 4 heterocycles. The van der Waals surface area contributed by atoms with E-state index in [2.05, 4.69) is 42.5 Å². The maximum atomic E-state index is 15.2. The van der Waals surface area contributed by atoms with Crippen molar-refractivity contribution in [3.8, 4) is 17.2 Å². The number of phenolic OH excluding ortho intramolecular Hbond substituents is 3. The van der Waals surface area contributed by atoms with Crippen molar-refractivity contribution in [3.05, 3.63) is 123 Å². The van der Waals surface area contributed by atoms with Gasteiger partial charge in [0.2, 0.25) is 0 Å². The summed E-state index contributed by atoms with van der Waals surface area (Å²) in [7, 11) is 0. The molecule has 25 heteroatoms. The molecular weight excluding hydrogens is 1270 g/mol. The van der Waals surface area contributed by atoms with Crippen LogP contribution >= 0.6 is 0 Å². The Labute approximate surface area is 450 Å². The van der Waals surface area contributed by atoms with Crippen molar-refractivity contribution in [1.29, 1.82) is 0 Å². The van der Waals surface area contributed by atoms with Gasteiger partial charge < -0.3 is 20.8 Å². The van der Waals surface area contributed by atoms with Gasteiger partial charge in [0, 0.05) is 39.3 Å². The molecule has 79 heavy (non-hydrogen) atoms. The number of para-hydroxylation sites is 3. The van der Waals surface area contributed by atoms with E-state index in [1.165, 1.54) is 54.6 Å². The maximum absolute atomic E-state index is 15.2. The van der Waals surface area contributed by atoms with E-state index in [0.29, 0.717) is 5.56 Å². The summed E-state index contributed by atoms with van der Waals surface area (Å²) in [5.74, 6) is -6.83. The minimum absolute atomic E-state index is 0.000106. The topological polar surface area (TPSA) is 306 Å². The molecule has 11 N–H and O–H groups in total. The van der Waals surface area contributed by atoms with Crippen LogP contribution in [0.1, 0.15) is 88.4 Å². The third kappa shape index (κ3) is 15.1. The SMILES string of the molecule is Cc1c2cccc1C(=O)N[CH]([Fm])CN1CCNC(=O)c3cccc(c3O)C(=O)NCCN(CCNC2=O)CCN2CCNC(=O)c3cccc(c3O)C(=O)NCCN(CC1)CC(CF)NC(=O)c1cccc(c1O)C(=O)NCC2. The van der Waals surface area contributed by atoms with Crippen molar-refractivity contribution >= 4 is 47.3 Å². The molecule has 23 nitrogen and oxygen atoms in total. The van der Waals surface area contributed by atoms with Crippen molar-refractivity contribution in [2.45, 2.75) is 19.5 Å². The summed E-state index contributed by atoms with van der Waals surface area (Å²) in [5.41, 5.74) is -0.129. The number of nitrogens with zero attached hydrogens (tertiary/aromatic N) is 4. The number of carbonyl (C=O) groups is 8. The number of benzene rings is 4. The fraction of sp³-hybridized carbons (Fsp3) is 0.407. The van der Waals surface area contributed by atoms with Crippen LogP contribution in [0.5, 0.6) is 17.2 Å². The molecule has 8 rings (SSSR count). The number of nitrogens with one attached hydrogen (secondary N) is 8. The summed E-state index contributed by atoms with van der Waals surface area (Å²) in [6.45, 7) is 2.04. The number of amides is 8. The van der Waals surface area contributed by atoms with Crippen molar-refractivity contribution in [2.75, 3.05) is 124 Å². The molecule has 0 saturated heterocycles. The summed E-state index contributed by atoms with van der Waals surface area (Å²) >= 11 is 0. The van der Waals surface area contributed by atoms with Gasteiger partial charge in [-0.15, -0.1) is 0 Å². The predicted molar refractivity (Wildman–Crippen MR) is 284 cm³/mol. The van der Waals surface area contributed by atoms with Crippen LogP contribution in [0.3, 0.4) is 0 Å². The first kappa shape index (κ1) is 57.5. The fourth-order valence-corrected chi connectivity index (χ4v) is 10.3. The third-order valence-electron chi connectivity index (χ3n) is 13.8. The van der Waals surface area contributed by atoms with E-state index >= 15 is 4.39 Å². The molecule has 4 aliphatic heterocycles. The Morgan fingerprint density at radius 1 is 0.405 bits per heavy atom. The van der Waals surface area contributed by atoms with Gasteiger partial charge in [-0.2, -0.15) is 0 Å². The minimum Gasteiger partial charge on any atom is -0.506 e. The van der Waals surface area contributed by atoms with Gasteiger partial charge in [0.25, 0.3) is 11.8 Å². The smallest absolute Gasteiger partial charge is 0.506 e. The van der Waals surface area contributed by atoms with Crippen LogP contribution in [-0.4, -0.2) is 219 Å². The normalized spacial score (nSPS) is 23.4. The molecule has 6 unspecified atom stereocenters. The number of alkyl halides is 1. The Morgan fingerprint density at radius 3 is 1.03 bits per heavy atom. The van der Waals surface area contributed by atoms with Gasteiger partial charge in [0.1, 0.15) is 0 Å². The molecule has 8 amide bonds. The van der Waals surface area contributed by atoms with Crippen molar-refractivity contribution < 1.29 is 58.1 Å². The van der Waals surface area contributed by atoms with Crippen LogP contribution < -0.4 is 42.5 Å². The first-order chi connectivity index (χ1) is 38.0. The zero-order valence-electron chi connectivity index (χ0n) is 43.6. The molecule has 4 aromatic rings. The number of aromatic hydroxyl groups is 3. The zero-order valence-corrected chi connectivity index (χ0v) is 46.0. The second-order valence-electron chi connectivity index (χ2n) is 19.1. The molecule has 0 radical (unpaired) electrons. The molecule has 4 aromatic carbocycles. The molecule has 0 fully saturated rings. The minimum atomic E-state index is -1.20. The Balaban J connectivity index is 1.32. The number of carbonyl (C=O) groups excluding carboxylic acids is 8. The number of phenols is 3. The van der Waals surface area contributed by atoms with E-state index < -0.39 is 83.8 Å². The van der Waals surface area contributed by atoms with Crippen LogP contribution in [0.15, 0.2) is 72.8 Å². The van der Waals surface area contributed by atoms with Crippen LogP contribution in [-0.2, 0) is 0 Å². The van der Waals surface area contributed by atoms with E-state index in [1.807, 2.05) is 14.7 Å². The van der Waals surface area contributed by atoms with E-state index in [9.17, 15) is 53.7 Å². The summed E-state index contributed by atoms with van der Waals surface area (Å²) in [6, 6.07) is 16.2. The Morgan fingerprint density at radius 2 is 0.671 bits per heavy atom. The van der Waals surface area contributed by atoms with Crippen LogP contribution in [0.25, 0.3) is 0 Å². The van der Waals surface area contributed by atoms with E-state index in [0.717, 1.165) is 0 Å². The van der Waals surface area contributed by atoms with Crippen molar-refractivity contribution in [3.63, 3.8) is 0 Å². The molecule has 4 aliphatic rings. The molecule has 427 valence electrons. The standard InChI is InChI=1S/C54H66FN12O11.Fm/c1-34-36-6-2-7-37(34)48(72)57-15-22-66-26-19-60-51(75)39-9-3-8-38(44(39)68)49(73)58-16-23-64(21-14-56-47(36)71)28-29-65-24-17-59-50(74)40-10-4-11-41(45(40)69)52(76)62-20-27-67(31-30-66)33-35(32-55)63-54(78)43-13-5-12-42(46(43)70)53(77)61-18-25-65;/h2-13,15,35,68-70H,14,16-33H2,1H3,(H,56,71)(H,57,72)(H,58,73)(H,59,74)(H,60,75)(H,61,77)(H,62,76)(H,63,78);. The Bertz CT molecular complexity index is 2920. The number of rotatable bonds is 1. The Hall–Kier alpha value is -9.19. The van der Waals surface area contributed by atoms with E-state index in [-0.39, 0.29) is 162 Å². The van der Waals surface area contributed by atoms with Gasteiger partial charge in [0.15, 0.2) is 0 Å². The van der Waals surface area contributed by atoms with Crippen molar-refractivity contribution in [1.82, 2.24) is 62.1 Å². The van der Waals surface area contributed by atoms with E-state index in [1.54, 1.807) is 30.0 Å². The predicted octanol–water partition coefficient (Wildman–Crippen LogP) is -0.487. The first-order valence-corrected chi connectivity index (χ1v) is 27.3.